The highest BCUT2D eigenvalue weighted by molar-refractivity contribution is 5.98. The van der Waals surface area contributed by atoms with E-state index >= 15 is 0 Å². The molecule has 1 aromatic rings. The number of nitrogen functional groups attached to an aromatic ring is 1. The zero-order valence-corrected chi connectivity index (χ0v) is 8.21. The van der Waals surface area contributed by atoms with Gasteiger partial charge in [0.15, 0.2) is 0 Å². The average Bonchev–Trinajstić information content (AvgIpc) is 2.16. The van der Waals surface area contributed by atoms with Crippen LogP contribution in [0.4, 0.5) is 19.0 Å². The van der Waals surface area contributed by atoms with Crippen LogP contribution in [0, 0.1) is 0 Å². The summed E-state index contributed by atoms with van der Waals surface area (Å²) in [5, 5.41) is 2.12. The van der Waals surface area contributed by atoms with E-state index in [1.165, 1.54) is 18.3 Å². The molecular weight excluding hydrogens is 223 g/mol. The lowest BCUT2D eigenvalue weighted by atomic mass is 10.2. The van der Waals surface area contributed by atoms with E-state index in [0.29, 0.717) is 0 Å². The fraction of sp³-hybridized carbons (Fsp3) is 0.333. The summed E-state index contributed by atoms with van der Waals surface area (Å²) in [5.74, 6) is -0.665. The number of nitrogens with zero attached hydrogens (tertiary/aromatic N) is 1. The number of aromatic nitrogens is 1. The van der Waals surface area contributed by atoms with Crippen molar-refractivity contribution in [2.24, 2.45) is 0 Å². The summed E-state index contributed by atoms with van der Waals surface area (Å²) in [6, 6.07) is 2.88. The van der Waals surface area contributed by atoms with Gasteiger partial charge in [0.1, 0.15) is 5.82 Å². The largest absolute Gasteiger partial charge is 0.390 e. The normalized spacial score (nSPS) is 11.2. The molecule has 0 aliphatic heterocycles. The Labute approximate surface area is 89.7 Å². The second kappa shape index (κ2) is 4.82. The van der Waals surface area contributed by atoms with Gasteiger partial charge < -0.3 is 11.1 Å². The standard InChI is InChI=1S/C9H10F3N3O/c10-9(11,12)3-5-15-8(16)6-2-1-4-14-7(6)13/h1-2,4H,3,5H2,(H2,13,14)(H,15,16). The molecule has 7 heteroatoms. The van der Waals surface area contributed by atoms with Crippen molar-refractivity contribution in [1.29, 1.82) is 0 Å². The fourth-order valence-corrected chi connectivity index (χ4v) is 1.02. The lowest BCUT2D eigenvalue weighted by Gasteiger charge is -2.08. The summed E-state index contributed by atoms with van der Waals surface area (Å²) in [7, 11) is 0. The van der Waals surface area contributed by atoms with E-state index in [0.717, 1.165) is 0 Å². The molecule has 0 saturated heterocycles. The van der Waals surface area contributed by atoms with Crippen LogP contribution in [0.3, 0.4) is 0 Å². The molecule has 0 saturated carbocycles. The number of nitrogens with one attached hydrogen (secondary N) is 1. The topological polar surface area (TPSA) is 68.0 Å². The molecule has 0 spiro atoms. The van der Waals surface area contributed by atoms with Crippen LogP contribution >= 0.6 is 0 Å². The third kappa shape index (κ3) is 3.76. The number of halogens is 3. The van der Waals surface area contributed by atoms with Crippen molar-refractivity contribution in [1.82, 2.24) is 10.3 Å². The molecule has 0 fully saturated rings. The van der Waals surface area contributed by atoms with Crippen LogP contribution < -0.4 is 11.1 Å². The Morgan fingerprint density at radius 2 is 2.19 bits per heavy atom. The Kier molecular flexibility index (Phi) is 3.70. The van der Waals surface area contributed by atoms with E-state index in [4.69, 9.17) is 5.73 Å². The van der Waals surface area contributed by atoms with Crippen molar-refractivity contribution in [3.63, 3.8) is 0 Å². The van der Waals surface area contributed by atoms with Crippen LogP contribution in [0.2, 0.25) is 0 Å². The Morgan fingerprint density at radius 1 is 1.50 bits per heavy atom. The van der Waals surface area contributed by atoms with Crippen LogP contribution in [0.15, 0.2) is 18.3 Å². The van der Waals surface area contributed by atoms with Crippen molar-refractivity contribution >= 4 is 11.7 Å². The minimum absolute atomic E-state index is 0.00740. The van der Waals surface area contributed by atoms with Crippen LogP contribution in [0.25, 0.3) is 0 Å². The molecule has 0 unspecified atom stereocenters. The molecule has 0 aliphatic carbocycles. The predicted molar refractivity (Wildman–Crippen MR) is 51.7 cm³/mol. The number of alkyl halides is 3. The number of rotatable bonds is 3. The number of carbonyl (C=O) groups is 1. The number of anilines is 1. The van der Waals surface area contributed by atoms with Gasteiger partial charge in [0.2, 0.25) is 0 Å². The Morgan fingerprint density at radius 3 is 2.75 bits per heavy atom. The quantitative estimate of drug-likeness (QED) is 0.827. The minimum Gasteiger partial charge on any atom is -0.383 e. The molecule has 1 heterocycles. The Hall–Kier alpha value is -1.79. The van der Waals surface area contributed by atoms with Gasteiger partial charge in [0, 0.05) is 12.7 Å². The molecule has 16 heavy (non-hydrogen) atoms. The zero-order valence-electron chi connectivity index (χ0n) is 8.21. The van der Waals surface area contributed by atoms with Crippen LogP contribution in [0.5, 0.6) is 0 Å². The van der Waals surface area contributed by atoms with Crippen LogP contribution in [-0.4, -0.2) is 23.6 Å². The zero-order chi connectivity index (χ0) is 12.2. The lowest BCUT2D eigenvalue weighted by molar-refractivity contribution is -0.132. The number of hydrogen-bond donors (Lipinski definition) is 2. The molecular formula is C9H10F3N3O. The third-order valence-corrected chi connectivity index (χ3v) is 1.78. The van der Waals surface area contributed by atoms with Gasteiger partial charge in [-0.1, -0.05) is 0 Å². The first kappa shape index (κ1) is 12.3. The SMILES string of the molecule is Nc1ncccc1C(=O)NCCC(F)(F)F. The second-order valence-corrected chi connectivity index (χ2v) is 3.06. The van der Waals surface area contributed by atoms with E-state index < -0.39 is 25.0 Å². The number of hydrogen-bond acceptors (Lipinski definition) is 3. The molecule has 1 aromatic heterocycles. The van der Waals surface area contributed by atoms with Crippen molar-refractivity contribution in [2.75, 3.05) is 12.3 Å². The molecule has 88 valence electrons. The molecule has 1 amide bonds. The van der Waals surface area contributed by atoms with Gasteiger partial charge in [-0.3, -0.25) is 4.79 Å². The van der Waals surface area contributed by atoms with Gasteiger partial charge in [-0.25, -0.2) is 4.98 Å². The Bertz CT molecular complexity index is 379. The summed E-state index contributed by atoms with van der Waals surface area (Å²) in [6.07, 6.45) is -3.96. The van der Waals surface area contributed by atoms with Crippen LogP contribution in [0.1, 0.15) is 16.8 Å². The van der Waals surface area contributed by atoms with E-state index in [9.17, 15) is 18.0 Å². The summed E-state index contributed by atoms with van der Waals surface area (Å²) in [6.45, 7) is -0.476. The van der Waals surface area contributed by atoms with Gasteiger partial charge in [0.05, 0.1) is 12.0 Å². The fourth-order valence-electron chi connectivity index (χ4n) is 1.02. The first-order valence-corrected chi connectivity index (χ1v) is 4.45. The Balaban J connectivity index is 2.51. The highest BCUT2D eigenvalue weighted by Crippen LogP contribution is 2.18. The number of amides is 1. The molecule has 3 N–H and O–H groups in total. The van der Waals surface area contributed by atoms with E-state index in [2.05, 4.69) is 10.3 Å². The van der Waals surface area contributed by atoms with Crippen molar-refractivity contribution in [2.45, 2.75) is 12.6 Å². The molecule has 0 bridgehead atoms. The molecule has 0 aromatic carbocycles. The van der Waals surface area contributed by atoms with Gasteiger partial charge >= 0.3 is 6.18 Å². The predicted octanol–water partition coefficient (Wildman–Crippen LogP) is 1.35. The van der Waals surface area contributed by atoms with Gasteiger partial charge in [-0.05, 0) is 12.1 Å². The maximum Gasteiger partial charge on any atom is 0.390 e. The van der Waals surface area contributed by atoms with Crippen LogP contribution in [-0.2, 0) is 0 Å². The highest BCUT2D eigenvalue weighted by atomic mass is 19.4. The summed E-state index contributed by atoms with van der Waals surface area (Å²) < 4.78 is 35.4. The molecule has 0 aliphatic rings. The minimum atomic E-state index is -4.28. The summed E-state index contributed by atoms with van der Waals surface area (Å²) >= 11 is 0. The smallest absolute Gasteiger partial charge is 0.383 e. The lowest BCUT2D eigenvalue weighted by Crippen LogP contribution is -2.28. The first-order valence-electron chi connectivity index (χ1n) is 4.45. The van der Waals surface area contributed by atoms with Gasteiger partial charge in [0.25, 0.3) is 5.91 Å². The molecule has 4 nitrogen and oxygen atoms in total. The van der Waals surface area contributed by atoms with E-state index in [1.807, 2.05) is 0 Å². The van der Waals surface area contributed by atoms with Crippen molar-refractivity contribution in [3.05, 3.63) is 23.9 Å². The van der Waals surface area contributed by atoms with E-state index in [-0.39, 0.29) is 11.4 Å². The van der Waals surface area contributed by atoms with Gasteiger partial charge in [-0.2, -0.15) is 13.2 Å². The molecule has 0 radical (unpaired) electrons. The van der Waals surface area contributed by atoms with Crippen molar-refractivity contribution < 1.29 is 18.0 Å². The number of nitrogens with two attached hydrogens (primary N) is 1. The average molecular weight is 233 g/mol. The number of pyridine rings is 1. The summed E-state index contributed by atoms with van der Waals surface area (Å²) in [5.41, 5.74) is 5.46. The highest BCUT2D eigenvalue weighted by Gasteiger charge is 2.26. The first-order chi connectivity index (χ1) is 7.40. The second-order valence-electron chi connectivity index (χ2n) is 3.06. The maximum atomic E-state index is 11.8. The number of carbonyl (C=O) groups excluding carboxylic acids is 1. The molecule has 1 rings (SSSR count). The van der Waals surface area contributed by atoms with Gasteiger partial charge in [-0.15, -0.1) is 0 Å². The monoisotopic (exact) mass is 233 g/mol. The van der Waals surface area contributed by atoms with E-state index in [1.54, 1.807) is 0 Å². The molecule has 0 atom stereocenters. The van der Waals surface area contributed by atoms with Crippen molar-refractivity contribution in [3.8, 4) is 0 Å². The maximum absolute atomic E-state index is 11.8. The summed E-state index contributed by atoms with van der Waals surface area (Å²) in [4.78, 5) is 15.0. The third-order valence-electron chi connectivity index (χ3n) is 1.78.